The van der Waals surface area contributed by atoms with Crippen LogP contribution in [0.2, 0.25) is 0 Å². The van der Waals surface area contributed by atoms with E-state index >= 15 is 0 Å². The van der Waals surface area contributed by atoms with Crippen molar-refractivity contribution in [2.75, 3.05) is 0 Å². The minimum atomic E-state index is 1.29. The molecule has 0 unspecified atom stereocenters. The predicted molar refractivity (Wildman–Crippen MR) is 39.3 cm³/mol. The second-order valence-electron chi connectivity index (χ2n) is 3.15. The first kappa shape index (κ1) is 5.28. The number of rotatable bonds is 0. The monoisotopic (exact) mass is 120 g/mol. The molecule has 0 saturated carbocycles. The molecule has 0 heteroatoms. The Kier molecular flexibility index (Phi) is 1.01. The standard InChI is InChI=1S/C9H12/c1-7-5-8-3-2-4-9(8)6-7/h5H,2-4,6H2,1H3. The maximum Gasteiger partial charge on any atom is -0.0102 e. The van der Waals surface area contributed by atoms with Crippen LogP contribution in [0.25, 0.3) is 0 Å². The van der Waals surface area contributed by atoms with E-state index in [-0.39, 0.29) is 0 Å². The zero-order valence-corrected chi connectivity index (χ0v) is 5.91. The number of allylic oxidation sites excluding steroid dienone is 4. The Morgan fingerprint density at radius 3 is 3.00 bits per heavy atom. The molecule has 0 spiro atoms. The lowest BCUT2D eigenvalue weighted by Gasteiger charge is -1.93. The largest absolute Gasteiger partial charge is 0.0690 e. The van der Waals surface area contributed by atoms with Crippen molar-refractivity contribution >= 4 is 0 Å². The molecule has 0 aromatic heterocycles. The minimum absolute atomic E-state index is 1.29. The van der Waals surface area contributed by atoms with Gasteiger partial charge in [-0.1, -0.05) is 17.2 Å². The van der Waals surface area contributed by atoms with Gasteiger partial charge in [-0.05, 0) is 38.2 Å². The molecule has 0 aromatic carbocycles. The molecule has 0 aromatic rings. The van der Waals surface area contributed by atoms with Crippen molar-refractivity contribution in [2.45, 2.75) is 32.6 Å². The summed E-state index contributed by atoms with van der Waals surface area (Å²) in [5, 5.41) is 0. The Labute approximate surface area is 56.3 Å². The fourth-order valence-electron chi connectivity index (χ4n) is 1.89. The van der Waals surface area contributed by atoms with Gasteiger partial charge in [0, 0.05) is 0 Å². The highest BCUT2D eigenvalue weighted by atomic mass is 14.2. The second-order valence-corrected chi connectivity index (χ2v) is 3.15. The maximum absolute atomic E-state index is 2.38. The fourth-order valence-corrected chi connectivity index (χ4v) is 1.89. The van der Waals surface area contributed by atoms with E-state index < -0.39 is 0 Å². The first-order valence-corrected chi connectivity index (χ1v) is 3.74. The summed E-state index contributed by atoms with van der Waals surface area (Å²) in [6.07, 6.45) is 7.81. The lowest BCUT2D eigenvalue weighted by Crippen LogP contribution is -1.74. The molecule has 0 radical (unpaired) electrons. The Bertz CT molecular complexity index is 194. The molecule has 0 fully saturated rings. The number of hydrogen-bond acceptors (Lipinski definition) is 0. The van der Waals surface area contributed by atoms with Gasteiger partial charge in [0.2, 0.25) is 0 Å². The third kappa shape index (κ3) is 0.735. The molecule has 2 aliphatic rings. The van der Waals surface area contributed by atoms with Crippen molar-refractivity contribution in [3.63, 3.8) is 0 Å². The van der Waals surface area contributed by atoms with Crippen LogP contribution >= 0.6 is 0 Å². The van der Waals surface area contributed by atoms with Gasteiger partial charge in [-0.25, -0.2) is 0 Å². The first-order valence-electron chi connectivity index (χ1n) is 3.74. The highest BCUT2D eigenvalue weighted by Crippen LogP contribution is 2.36. The van der Waals surface area contributed by atoms with Crippen LogP contribution in [-0.2, 0) is 0 Å². The molecular weight excluding hydrogens is 108 g/mol. The maximum atomic E-state index is 2.38. The molecule has 0 amide bonds. The van der Waals surface area contributed by atoms with Crippen LogP contribution in [0.15, 0.2) is 22.8 Å². The van der Waals surface area contributed by atoms with E-state index in [1.54, 1.807) is 16.7 Å². The van der Waals surface area contributed by atoms with E-state index in [9.17, 15) is 0 Å². The van der Waals surface area contributed by atoms with Crippen LogP contribution in [0.5, 0.6) is 0 Å². The zero-order chi connectivity index (χ0) is 6.27. The van der Waals surface area contributed by atoms with Crippen molar-refractivity contribution in [3.05, 3.63) is 22.8 Å². The molecule has 0 aliphatic heterocycles. The Hall–Kier alpha value is -0.520. The normalized spacial score (nSPS) is 24.8. The Morgan fingerprint density at radius 1 is 1.33 bits per heavy atom. The van der Waals surface area contributed by atoms with E-state index in [1.807, 2.05) is 0 Å². The molecular formula is C9H12. The van der Waals surface area contributed by atoms with Gasteiger partial charge in [-0.3, -0.25) is 0 Å². The van der Waals surface area contributed by atoms with Crippen LogP contribution in [0.4, 0.5) is 0 Å². The van der Waals surface area contributed by atoms with Gasteiger partial charge in [-0.2, -0.15) is 0 Å². The average molecular weight is 120 g/mol. The van der Waals surface area contributed by atoms with E-state index in [0.29, 0.717) is 0 Å². The topological polar surface area (TPSA) is 0 Å². The van der Waals surface area contributed by atoms with Crippen LogP contribution < -0.4 is 0 Å². The molecule has 0 atom stereocenters. The number of hydrogen-bond donors (Lipinski definition) is 0. The summed E-state index contributed by atoms with van der Waals surface area (Å²) >= 11 is 0. The average Bonchev–Trinajstić information content (AvgIpc) is 2.22. The highest BCUT2D eigenvalue weighted by Gasteiger charge is 2.17. The SMILES string of the molecule is CC1=CC2=C(CCC2)C1. The highest BCUT2D eigenvalue weighted by molar-refractivity contribution is 5.40. The van der Waals surface area contributed by atoms with Gasteiger partial charge in [-0.15, -0.1) is 0 Å². The minimum Gasteiger partial charge on any atom is -0.0690 e. The molecule has 0 bridgehead atoms. The summed E-state index contributed by atoms with van der Waals surface area (Å²) in [5.74, 6) is 0. The zero-order valence-electron chi connectivity index (χ0n) is 5.91. The van der Waals surface area contributed by atoms with Gasteiger partial charge in [0.25, 0.3) is 0 Å². The molecule has 9 heavy (non-hydrogen) atoms. The molecule has 2 aliphatic carbocycles. The van der Waals surface area contributed by atoms with Crippen molar-refractivity contribution < 1.29 is 0 Å². The Balaban J connectivity index is 2.28. The van der Waals surface area contributed by atoms with Gasteiger partial charge < -0.3 is 0 Å². The molecule has 0 saturated heterocycles. The first-order chi connectivity index (χ1) is 4.36. The summed E-state index contributed by atoms with van der Waals surface area (Å²) in [4.78, 5) is 0. The molecule has 0 nitrogen and oxygen atoms in total. The quantitative estimate of drug-likeness (QED) is 0.461. The fraction of sp³-hybridized carbons (Fsp3) is 0.556. The summed E-state index contributed by atoms with van der Waals surface area (Å²) in [6, 6.07) is 0. The van der Waals surface area contributed by atoms with Crippen LogP contribution in [0.3, 0.4) is 0 Å². The van der Waals surface area contributed by atoms with Gasteiger partial charge in [0.1, 0.15) is 0 Å². The molecule has 2 rings (SSSR count). The van der Waals surface area contributed by atoms with Crippen molar-refractivity contribution in [1.29, 1.82) is 0 Å². The molecule has 0 N–H and O–H groups in total. The van der Waals surface area contributed by atoms with Crippen molar-refractivity contribution in [2.24, 2.45) is 0 Å². The Morgan fingerprint density at radius 2 is 2.22 bits per heavy atom. The third-order valence-electron chi connectivity index (χ3n) is 2.29. The summed E-state index contributed by atoms with van der Waals surface area (Å²) < 4.78 is 0. The van der Waals surface area contributed by atoms with Gasteiger partial charge in [0.05, 0.1) is 0 Å². The summed E-state index contributed by atoms with van der Waals surface area (Å²) in [7, 11) is 0. The van der Waals surface area contributed by atoms with E-state index in [4.69, 9.17) is 0 Å². The molecule has 48 valence electrons. The lowest BCUT2D eigenvalue weighted by atomic mass is 10.1. The summed E-state index contributed by atoms with van der Waals surface area (Å²) in [5.41, 5.74) is 4.96. The smallest absolute Gasteiger partial charge is 0.0102 e. The predicted octanol–water partition coefficient (Wildman–Crippen LogP) is 2.82. The van der Waals surface area contributed by atoms with Gasteiger partial charge >= 0.3 is 0 Å². The lowest BCUT2D eigenvalue weighted by molar-refractivity contribution is 0.872. The van der Waals surface area contributed by atoms with E-state index in [1.165, 1.54) is 25.7 Å². The van der Waals surface area contributed by atoms with Crippen molar-refractivity contribution in [1.82, 2.24) is 0 Å². The second kappa shape index (κ2) is 1.73. The summed E-state index contributed by atoms with van der Waals surface area (Å²) in [6.45, 7) is 2.23. The van der Waals surface area contributed by atoms with E-state index in [2.05, 4.69) is 13.0 Å². The van der Waals surface area contributed by atoms with Crippen LogP contribution in [0.1, 0.15) is 32.6 Å². The van der Waals surface area contributed by atoms with Crippen molar-refractivity contribution in [3.8, 4) is 0 Å². The van der Waals surface area contributed by atoms with E-state index in [0.717, 1.165) is 0 Å². The molecule has 0 heterocycles. The van der Waals surface area contributed by atoms with Gasteiger partial charge in [0.15, 0.2) is 0 Å². The van der Waals surface area contributed by atoms with Crippen LogP contribution in [0, 0.1) is 0 Å². The third-order valence-corrected chi connectivity index (χ3v) is 2.29. The van der Waals surface area contributed by atoms with Crippen LogP contribution in [-0.4, -0.2) is 0 Å².